The number of piperazine rings is 1. The molecule has 0 radical (unpaired) electrons. The maximum atomic E-state index is 8.87. The molecule has 90 valence electrons. The van der Waals surface area contributed by atoms with Crippen molar-refractivity contribution in [2.45, 2.75) is 0 Å². The van der Waals surface area contributed by atoms with E-state index in [2.05, 4.69) is 20.9 Å². The first kappa shape index (κ1) is 11.8. The monoisotopic (exact) mass is 232 g/mol. The van der Waals surface area contributed by atoms with Crippen molar-refractivity contribution in [3.05, 3.63) is 23.9 Å². The minimum Gasteiger partial charge on any atom is -0.395 e. The van der Waals surface area contributed by atoms with Gasteiger partial charge in [-0.25, -0.2) is 4.98 Å². The Hall–Kier alpha value is -1.64. The normalized spacial score (nSPS) is 16.8. The quantitative estimate of drug-likeness (QED) is 0.799. The third-order valence-electron chi connectivity index (χ3n) is 2.96. The number of pyridine rings is 1. The van der Waals surface area contributed by atoms with Gasteiger partial charge in [0.1, 0.15) is 17.6 Å². The first-order valence-electron chi connectivity index (χ1n) is 5.79. The van der Waals surface area contributed by atoms with Gasteiger partial charge in [-0.05, 0) is 12.1 Å². The molecule has 0 atom stereocenters. The standard InChI is InChI=1S/C12H16N4O/c13-10-11-2-1-3-12(14-11)16-6-4-15(5-7-16)8-9-17/h1-3,17H,4-9H2. The van der Waals surface area contributed by atoms with Gasteiger partial charge in [0.15, 0.2) is 0 Å². The predicted octanol–water partition coefficient (Wildman–Crippen LogP) is 0.0676. The van der Waals surface area contributed by atoms with Gasteiger partial charge in [0, 0.05) is 32.7 Å². The summed E-state index contributed by atoms with van der Waals surface area (Å²) in [4.78, 5) is 8.68. The van der Waals surface area contributed by atoms with Gasteiger partial charge in [-0.2, -0.15) is 5.26 Å². The van der Waals surface area contributed by atoms with E-state index in [9.17, 15) is 0 Å². The molecule has 0 amide bonds. The van der Waals surface area contributed by atoms with E-state index in [1.165, 1.54) is 0 Å². The fourth-order valence-corrected chi connectivity index (χ4v) is 2.00. The Labute approximate surface area is 101 Å². The third-order valence-corrected chi connectivity index (χ3v) is 2.96. The van der Waals surface area contributed by atoms with Gasteiger partial charge < -0.3 is 10.0 Å². The van der Waals surface area contributed by atoms with Crippen molar-refractivity contribution >= 4 is 5.82 Å². The Kier molecular flexibility index (Phi) is 3.91. The van der Waals surface area contributed by atoms with Gasteiger partial charge in [-0.1, -0.05) is 6.07 Å². The second-order valence-corrected chi connectivity index (χ2v) is 4.05. The largest absolute Gasteiger partial charge is 0.395 e. The molecule has 1 aromatic heterocycles. The Morgan fingerprint density at radius 2 is 2.06 bits per heavy atom. The summed E-state index contributed by atoms with van der Waals surface area (Å²) >= 11 is 0. The maximum absolute atomic E-state index is 8.87. The van der Waals surface area contributed by atoms with Crippen molar-refractivity contribution < 1.29 is 5.11 Å². The number of hydrogen-bond donors (Lipinski definition) is 1. The van der Waals surface area contributed by atoms with E-state index in [-0.39, 0.29) is 6.61 Å². The van der Waals surface area contributed by atoms with E-state index in [4.69, 9.17) is 10.4 Å². The minimum atomic E-state index is 0.210. The zero-order valence-electron chi connectivity index (χ0n) is 9.71. The molecule has 1 aromatic rings. The molecule has 17 heavy (non-hydrogen) atoms. The lowest BCUT2D eigenvalue weighted by Crippen LogP contribution is -2.47. The van der Waals surface area contributed by atoms with E-state index in [1.807, 2.05) is 12.1 Å². The molecule has 0 aromatic carbocycles. The molecule has 1 N–H and O–H groups in total. The average Bonchev–Trinajstić information content (AvgIpc) is 2.40. The topological polar surface area (TPSA) is 63.4 Å². The Morgan fingerprint density at radius 3 is 2.71 bits per heavy atom. The first-order chi connectivity index (χ1) is 8.33. The molecule has 0 bridgehead atoms. The summed E-state index contributed by atoms with van der Waals surface area (Å²) in [6.45, 7) is 4.59. The lowest BCUT2D eigenvalue weighted by Gasteiger charge is -2.35. The van der Waals surface area contributed by atoms with E-state index >= 15 is 0 Å². The van der Waals surface area contributed by atoms with E-state index in [0.29, 0.717) is 5.69 Å². The molecule has 5 heteroatoms. The van der Waals surface area contributed by atoms with Crippen LogP contribution in [0.1, 0.15) is 5.69 Å². The third kappa shape index (κ3) is 2.93. The SMILES string of the molecule is N#Cc1cccc(N2CCN(CCO)CC2)n1. The number of aliphatic hydroxyl groups excluding tert-OH is 1. The molecule has 2 rings (SSSR count). The second-order valence-electron chi connectivity index (χ2n) is 4.05. The lowest BCUT2D eigenvalue weighted by molar-refractivity contribution is 0.188. The first-order valence-corrected chi connectivity index (χ1v) is 5.79. The minimum absolute atomic E-state index is 0.210. The number of aliphatic hydroxyl groups is 1. The highest BCUT2D eigenvalue weighted by atomic mass is 16.3. The predicted molar refractivity (Wildman–Crippen MR) is 64.7 cm³/mol. The van der Waals surface area contributed by atoms with Crippen molar-refractivity contribution in [1.29, 1.82) is 5.26 Å². The van der Waals surface area contributed by atoms with Crippen molar-refractivity contribution in [3.8, 4) is 6.07 Å². The summed E-state index contributed by atoms with van der Waals surface area (Å²) in [5, 5.41) is 17.7. The molecule has 1 fully saturated rings. The Bertz CT molecular complexity index is 407. The molecular weight excluding hydrogens is 216 g/mol. The molecule has 1 aliphatic rings. The molecule has 1 saturated heterocycles. The maximum Gasteiger partial charge on any atom is 0.142 e. The van der Waals surface area contributed by atoms with Crippen molar-refractivity contribution in [2.75, 3.05) is 44.2 Å². The van der Waals surface area contributed by atoms with Crippen LogP contribution in [-0.2, 0) is 0 Å². The van der Waals surface area contributed by atoms with E-state index in [1.54, 1.807) is 6.07 Å². The molecule has 0 aliphatic carbocycles. The fraction of sp³-hybridized carbons (Fsp3) is 0.500. The van der Waals surface area contributed by atoms with Crippen LogP contribution in [0.3, 0.4) is 0 Å². The van der Waals surface area contributed by atoms with Crippen LogP contribution >= 0.6 is 0 Å². The Morgan fingerprint density at radius 1 is 1.29 bits per heavy atom. The number of aromatic nitrogens is 1. The summed E-state index contributed by atoms with van der Waals surface area (Å²) in [7, 11) is 0. The van der Waals surface area contributed by atoms with Gasteiger partial charge in [0.25, 0.3) is 0 Å². The van der Waals surface area contributed by atoms with Crippen LogP contribution in [0.25, 0.3) is 0 Å². The second kappa shape index (κ2) is 5.62. The number of nitrogens with zero attached hydrogens (tertiary/aromatic N) is 4. The lowest BCUT2D eigenvalue weighted by atomic mass is 10.3. The van der Waals surface area contributed by atoms with Gasteiger partial charge in [-0.15, -0.1) is 0 Å². The molecule has 0 saturated carbocycles. The fourth-order valence-electron chi connectivity index (χ4n) is 2.00. The summed E-state index contributed by atoms with van der Waals surface area (Å²) in [5.74, 6) is 0.868. The van der Waals surface area contributed by atoms with Crippen LogP contribution < -0.4 is 4.90 Å². The molecule has 0 spiro atoms. The van der Waals surface area contributed by atoms with Crippen LogP contribution in [0.4, 0.5) is 5.82 Å². The molecule has 5 nitrogen and oxygen atoms in total. The van der Waals surface area contributed by atoms with Gasteiger partial charge in [-0.3, -0.25) is 4.90 Å². The zero-order chi connectivity index (χ0) is 12.1. The van der Waals surface area contributed by atoms with Crippen molar-refractivity contribution in [1.82, 2.24) is 9.88 Å². The number of β-amino-alcohol motifs (C(OH)–C–C–N with tert-alkyl or cyclic N) is 1. The molecule has 1 aliphatic heterocycles. The van der Waals surface area contributed by atoms with Crippen molar-refractivity contribution in [3.63, 3.8) is 0 Å². The number of hydrogen-bond acceptors (Lipinski definition) is 5. The highest BCUT2D eigenvalue weighted by Gasteiger charge is 2.17. The van der Waals surface area contributed by atoms with Crippen LogP contribution in [0.15, 0.2) is 18.2 Å². The summed E-state index contributed by atoms with van der Waals surface area (Å²) in [5.41, 5.74) is 0.459. The molecular formula is C12H16N4O. The zero-order valence-corrected chi connectivity index (χ0v) is 9.71. The summed E-state index contributed by atoms with van der Waals surface area (Å²) < 4.78 is 0. The smallest absolute Gasteiger partial charge is 0.142 e. The molecule has 2 heterocycles. The number of nitriles is 1. The van der Waals surface area contributed by atoms with Crippen LogP contribution in [0.5, 0.6) is 0 Å². The van der Waals surface area contributed by atoms with E-state index < -0.39 is 0 Å². The van der Waals surface area contributed by atoms with Crippen LogP contribution in [0.2, 0.25) is 0 Å². The van der Waals surface area contributed by atoms with Crippen LogP contribution in [0, 0.1) is 11.3 Å². The average molecular weight is 232 g/mol. The van der Waals surface area contributed by atoms with Gasteiger partial charge in [0.2, 0.25) is 0 Å². The Balaban J connectivity index is 1.98. The highest BCUT2D eigenvalue weighted by molar-refractivity contribution is 5.42. The number of rotatable bonds is 3. The summed E-state index contributed by atoms with van der Waals surface area (Å²) in [6.07, 6.45) is 0. The van der Waals surface area contributed by atoms with Gasteiger partial charge >= 0.3 is 0 Å². The van der Waals surface area contributed by atoms with Crippen LogP contribution in [-0.4, -0.2) is 54.3 Å². The van der Waals surface area contributed by atoms with Gasteiger partial charge in [0.05, 0.1) is 6.61 Å². The van der Waals surface area contributed by atoms with E-state index in [0.717, 1.165) is 38.5 Å². The summed E-state index contributed by atoms with van der Waals surface area (Å²) in [6, 6.07) is 7.56. The number of anilines is 1. The highest BCUT2D eigenvalue weighted by Crippen LogP contribution is 2.13. The molecule has 0 unspecified atom stereocenters. The van der Waals surface area contributed by atoms with Crippen molar-refractivity contribution in [2.24, 2.45) is 0 Å².